The molecule has 1 aliphatic rings. The summed E-state index contributed by atoms with van der Waals surface area (Å²) >= 11 is 1.52. The van der Waals surface area contributed by atoms with Crippen molar-refractivity contribution in [2.24, 2.45) is 7.05 Å². The number of amides is 2. The summed E-state index contributed by atoms with van der Waals surface area (Å²) < 4.78 is 15.4. The SMILES string of the molecule is CSc1ncc(CNC(=O)[C@H]2CC(=O)Nc3ccc(F)cc32)n1C. The predicted molar refractivity (Wildman–Crippen MR) is 89.2 cm³/mol. The largest absolute Gasteiger partial charge is 0.350 e. The van der Waals surface area contributed by atoms with Crippen LogP contribution in [0.15, 0.2) is 29.6 Å². The zero-order chi connectivity index (χ0) is 17.3. The minimum Gasteiger partial charge on any atom is -0.350 e. The fraction of sp³-hybridized carbons (Fsp3) is 0.312. The number of carbonyl (C=O) groups excluding carboxylic acids is 2. The van der Waals surface area contributed by atoms with Crippen LogP contribution >= 0.6 is 11.8 Å². The Labute approximate surface area is 142 Å². The van der Waals surface area contributed by atoms with Gasteiger partial charge in [0.2, 0.25) is 11.8 Å². The highest BCUT2D eigenvalue weighted by molar-refractivity contribution is 7.98. The molecule has 1 aromatic heterocycles. The van der Waals surface area contributed by atoms with Gasteiger partial charge in [-0.1, -0.05) is 11.8 Å². The number of hydrogen-bond acceptors (Lipinski definition) is 4. The Hall–Kier alpha value is -2.35. The first-order valence-electron chi connectivity index (χ1n) is 7.41. The molecule has 0 radical (unpaired) electrons. The Morgan fingerprint density at radius 2 is 2.33 bits per heavy atom. The zero-order valence-corrected chi connectivity index (χ0v) is 14.1. The minimum absolute atomic E-state index is 0.00371. The molecule has 2 N–H and O–H groups in total. The summed E-state index contributed by atoms with van der Waals surface area (Å²) in [6.07, 6.45) is 3.63. The number of halogens is 1. The van der Waals surface area contributed by atoms with Gasteiger partial charge in [0.25, 0.3) is 0 Å². The topological polar surface area (TPSA) is 76.0 Å². The van der Waals surface area contributed by atoms with Gasteiger partial charge in [-0.15, -0.1) is 0 Å². The number of aromatic nitrogens is 2. The number of fused-ring (bicyclic) bond motifs is 1. The molecule has 3 rings (SSSR count). The van der Waals surface area contributed by atoms with Crippen molar-refractivity contribution in [1.82, 2.24) is 14.9 Å². The van der Waals surface area contributed by atoms with E-state index in [4.69, 9.17) is 0 Å². The van der Waals surface area contributed by atoms with E-state index in [0.29, 0.717) is 17.8 Å². The lowest BCUT2D eigenvalue weighted by Gasteiger charge is -2.24. The average molecular weight is 348 g/mol. The fourth-order valence-electron chi connectivity index (χ4n) is 2.75. The Morgan fingerprint density at radius 1 is 1.54 bits per heavy atom. The maximum atomic E-state index is 13.5. The highest BCUT2D eigenvalue weighted by atomic mass is 32.2. The number of nitrogens with zero attached hydrogens (tertiary/aromatic N) is 2. The van der Waals surface area contributed by atoms with Crippen LogP contribution in [-0.2, 0) is 23.2 Å². The summed E-state index contributed by atoms with van der Waals surface area (Å²) in [7, 11) is 1.87. The second-order valence-electron chi connectivity index (χ2n) is 5.55. The molecule has 1 aliphatic heterocycles. The van der Waals surface area contributed by atoms with Crippen molar-refractivity contribution in [3.05, 3.63) is 41.5 Å². The standard InChI is InChI=1S/C16H17FN4O2S/c1-21-10(8-19-16(21)24-2)7-18-15(23)12-6-14(22)20-13-4-3-9(17)5-11(12)13/h3-5,8,12H,6-7H2,1-2H3,(H,18,23)(H,20,22)/t12-/m0/s1. The summed E-state index contributed by atoms with van der Waals surface area (Å²) in [5.74, 6) is -1.68. The predicted octanol–water partition coefficient (Wildman–Crippen LogP) is 2.02. The van der Waals surface area contributed by atoms with Gasteiger partial charge in [-0.2, -0.15) is 0 Å². The van der Waals surface area contributed by atoms with Crippen molar-refractivity contribution in [1.29, 1.82) is 0 Å². The second-order valence-corrected chi connectivity index (χ2v) is 6.32. The molecule has 8 heteroatoms. The maximum Gasteiger partial charge on any atom is 0.228 e. The Kier molecular flexibility index (Phi) is 4.57. The molecule has 2 aromatic rings. The minimum atomic E-state index is -0.697. The third-order valence-corrected chi connectivity index (χ3v) is 4.78. The van der Waals surface area contributed by atoms with Gasteiger partial charge in [0, 0.05) is 19.2 Å². The summed E-state index contributed by atoms with van der Waals surface area (Å²) in [4.78, 5) is 28.6. The lowest BCUT2D eigenvalue weighted by atomic mass is 9.89. The maximum absolute atomic E-state index is 13.5. The number of imidazole rings is 1. The molecule has 0 fully saturated rings. The summed E-state index contributed by atoms with van der Waals surface area (Å²) in [5, 5.41) is 6.33. The molecule has 0 spiro atoms. The van der Waals surface area contributed by atoms with E-state index < -0.39 is 11.7 Å². The van der Waals surface area contributed by atoms with Gasteiger partial charge < -0.3 is 15.2 Å². The van der Waals surface area contributed by atoms with Gasteiger partial charge in [-0.05, 0) is 30.0 Å². The quantitative estimate of drug-likeness (QED) is 0.829. The summed E-state index contributed by atoms with van der Waals surface area (Å²) in [6.45, 7) is 0.297. The third-order valence-electron chi connectivity index (χ3n) is 4.04. The molecular formula is C16H17FN4O2S. The molecule has 24 heavy (non-hydrogen) atoms. The Bertz CT molecular complexity index is 805. The van der Waals surface area contributed by atoms with Crippen molar-refractivity contribution in [3.63, 3.8) is 0 Å². The molecule has 126 valence electrons. The first-order chi connectivity index (χ1) is 11.5. The highest BCUT2D eigenvalue weighted by Gasteiger charge is 2.31. The van der Waals surface area contributed by atoms with Crippen molar-refractivity contribution in [2.45, 2.75) is 24.0 Å². The zero-order valence-electron chi connectivity index (χ0n) is 13.3. The van der Waals surface area contributed by atoms with E-state index in [-0.39, 0.29) is 18.2 Å². The van der Waals surface area contributed by atoms with E-state index in [1.807, 2.05) is 17.9 Å². The highest BCUT2D eigenvalue weighted by Crippen LogP contribution is 2.32. The van der Waals surface area contributed by atoms with Crippen LogP contribution in [0.25, 0.3) is 0 Å². The molecule has 6 nitrogen and oxygen atoms in total. The van der Waals surface area contributed by atoms with Gasteiger partial charge in [-0.3, -0.25) is 9.59 Å². The first kappa shape index (κ1) is 16.5. The number of rotatable bonds is 4. The van der Waals surface area contributed by atoms with Gasteiger partial charge in [0.1, 0.15) is 5.82 Å². The van der Waals surface area contributed by atoms with E-state index in [2.05, 4.69) is 15.6 Å². The second kappa shape index (κ2) is 6.64. The van der Waals surface area contributed by atoms with Crippen LogP contribution < -0.4 is 10.6 Å². The molecule has 0 unspecified atom stereocenters. The van der Waals surface area contributed by atoms with Crippen molar-refractivity contribution < 1.29 is 14.0 Å². The van der Waals surface area contributed by atoms with Gasteiger partial charge in [0.05, 0.1) is 24.4 Å². The molecule has 1 aromatic carbocycles. The van der Waals surface area contributed by atoms with Crippen LogP contribution in [0.1, 0.15) is 23.6 Å². The molecular weight excluding hydrogens is 331 g/mol. The molecule has 0 aliphatic carbocycles. The lowest BCUT2D eigenvalue weighted by Crippen LogP contribution is -2.35. The molecule has 2 amide bonds. The number of anilines is 1. The number of thioether (sulfide) groups is 1. The van der Waals surface area contributed by atoms with Crippen molar-refractivity contribution in [3.8, 4) is 0 Å². The van der Waals surface area contributed by atoms with Crippen LogP contribution in [-0.4, -0.2) is 27.6 Å². The third kappa shape index (κ3) is 3.14. The number of hydrogen-bond donors (Lipinski definition) is 2. The average Bonchev–Trinajstić information content (AvgIpc) is 2.92. The van der Waals surface area contributed by atoms with E-state index >= 15 is 0 Å². The molecule has 0 saturated carbocycles. The molecule has 1 atom stereocenters. The number of benzene rings is 1. The van der Waals surface area contributed by atoms with E-state index in [0.717, 1.165) is 10.9 Å². The van der Waals surface area contributed by atoms with Crippen molar-refractivity contribution >= 4 is 29.3 Å². The Balaban J connectivity index is 1.76. The van der Waals surface area contributed by atoms with Crippen LogP contribution in [0.3, 0.4) is 0 Å². The normalized spacial score (nSPS) is 16.5. The smallest absolute Gasteiger partial charge is 0.228 e. The van der Waals surface area contributed by atoms with Crippen LogP contribution in [0.4, 0.5) is 10.1 Å². The number of nitrogens with one attached hydrogen (secondary N) is 2. The lowest BCUT2D eigenvalue weighted by molar-refractivity contribution is -0.126. The fourth-order valence-corrected chi connectivity index (χ4v) is 3.30. The monoisotopic (exact) mass is 348 g/mol. The summed E-state index contributed by atoms with van der Waals surface area (Å²) in [6, 6.07) is 4.04. The van der Waals surface area contributed by atoms with Crippen LogP contribution in [0.5, 0.6) is 0 Å². The first-order valence-corrected chi connectivity index (χ1v) is 8.63. The van der Waals surface area contributed by atoms with Crippen LogP contribution in [0, 0.1) is 5.82 Å². The van der Waals surface area contributed by atoms with E-state index in [1.54, 1.807) is 6.20 Å². The van der Waals surface area contributed by atoms with Crippen molar-refractivity contribution in [2.75, 3.05) is 11.6 Å². The van der Waals surface area contributed by atoms with E-state index in [1.165, 1.54) is 30.0 Å². The number of carbonyl (C=O) groups is 2. The summed E-state index contributed by atoms with van der Waals surface area (Å²) in [5.41, 5.74) is 1.84. The van der Waals surface area contributed by atoms with Gasteiger partial charge >= 0.3 is 0 Å². The van der Waals surface area contributed by atoms with Gasteiger partial charge in [0.15, 0.2) is 5.16 Å². The van der Waals surface area contributed by atoms with Crippen LogP contribution in [0.2, 0.25) is 0 Å². The molecule has 0 saturated heterocycles. The molecule has 2 heterocycles. The van der Waals surface area contributed by atoms with Gasteiger partial charge in [-0.25, -0.2) is 9.37 Å². The molecule has 0 bridgehead atoms. The Morgan fingerprint density at radius 3 is 3.04 bits per heavy atom. The van der Waals surface area contributed by atoms with E-state index in [9.17, 15) is 14.0 Å².